The molecule has 0 atom stereocenters. The van der Waals surface area contributed by atoms with E-state index in [1.54, 1.807) is 31.8 Å². The second-order valence-electron chi connectivity index (χ2n) is 9.44. The van der Waals surface area contributed by atoms with Gasteiger partial charge in [0.15, 0.2) is 17.5 Å². The molecule has 6 heterocycles. The normalized spacial score (nSPS) is 11.1. The number of benzene rings is 1. The summed E-state index contributed by atoms with van der Waals surface area (Å²) in [5.74, 6) is -0.655. The lowest BCUT2D eigenvalue weighted by molar-refractivity contribution is 0.102. The molecule has 0 aliphatic carbocycles. The zero-order valence-electron chi connectivity index (χ0n) is 21.8. The van der Waals surface area contributed by atoms with Crippen molar-refractivity contribution in [3.05, 3.63) is 127 Å². The van der Waals surface area contributed by atoms with Crippen molar-refractivity contribution in [1.82, 2.24) is 28.2 Å². The number of imidazole rings is 3. The van der Waals surface area contributed by atoms with E-state index in [0.29, 0.717) is 34.4 Å². The summed E-state index contributed by atoms with van der Waals surface area (Å²) in [7, 11) is 0. The molecule has 0 bridgehead atoms. The van der Waals surface area contributed by atoms with Crippen molar-refractivity contribution < 1.29 is 14.4 Å². The van der Waals surface area contributed by atoms with E-state index in [1.165, 1.54) is 18.2 Å². The van der Waals surface area contributed by atoms with Gasteiger partial charge in [-0.2, -0.15) is 0 Å². The molecule has 0 saturated carbocycles. The summed E-state index contributed by atoms with van der Waals surface area (Å²) in [6.45, 7) is 0. The Hall–Kier alpha value is -6.30. The lowest BCUT2D eigenvalue weighted by Gasteiger charge is -2.10. The van der Waals surface area contributed by atoms with E-state index in [-0.39, 0.29) is 16.7 Å². The Balaban J connectivity index is 1.20. The zero-order chi connectivity index (χ0) is 28.6. The third kappa shape index (κ3) is 4.79. The third-order valence-corrected chi connectivity index (χ3v) is 6.54. The highest BCUT2D eigenvalue weighted by Crippen LogP contribution is 2.18. The molecular formula is C30H21N9O3. The Kier molecular flexibility index (Phi) is 5.90. The van der Waals surface area contributed by atoms with E-state index in [4.69, 9.17) is 0 Å². The minimum atomic E-state index is -0.539. The number of amides is 3. The first-order valence-electron chi connectivity index (χ1n) is 12.9. The highest BCUT2D eigenvalue weighted by molar-refractivity contribution is 6.12. The maximum Gasteiger partial charge on any atom is 0.256 e. The fourth-order valence-electron chi connectivity index (χ4n) is 4.57. The van der Waals surface area contributed by atoms with Gasteiger partial charge in [-0.25, -0.2) is 15.0 Å². The lowest BCUT2D eigenvalue weighted by atomic mass is 10.0. The molecule has 0 saturated heterocycles. The van der Waals surface area contributed by atoms with Gasteiger partial charge in [-0.05, 0) is 54.6 Å². The first-order valence-corrected chi connectivity index (χ1v) is 12.9. The summed E-state index contributed by atoms with van der Waals surface area (Å²) < 4.78 is 5.30. The summed E-state index contributed by atoms with van der Waals surface area (Å²) in [6.07, 6.45) is 10.4. The van der Waals surface area contributed by atoms with Crippen LogP contribution in [0.5, 0.6) is 0 Å². The molecule has 7 aromatic rings. The van der Waals surface area contributed by atoms with E-state index in [1.807, 2.05) is 73.2 Å². The molecule has 3 N–H and O–H groups in total. The number of fused-ring (bicyclic) bond motifs is 3. The predicted molar refractivity (Wildman–Crippen MR) is 156 cm³/mol. The summed E-state index contributed by atoms with van der Waals surface area (Å²) in [5, 5.41) is 8.25. The van der Waals surface area contributed by atoms with Crippen LogP contribution in [0.4, 0.5) is 17.5 Å². The summed E-state index contributed by atoms with van der Waals surface area (Å²) in [6, 6.07) is 20.7. The number of nitrogens with one attached hydrogen (secondary N) is 3. The van der Waals surface area contributed by atoms with Gasteiger partial charge in [0, 0.05) is 35.3 Å². The smallest absolute Gasteiger partial charge is 0.256 e. The van der Waals surface area contributed by atoms with E-state index in [0.717, 1.165) is 0 Å². The van der Waals surface area contributed by atoms with E-state index < -0.39 is 17.7 Å². The van der Waals surface area contributed by atoms with Crippen LogP contribution >= 0.6 is 0 Å². The Morgan fingerprint density at radius 1 is 0.476 bits per heavy atom. The van der Waals surface area contributed by atoms with Crippen LogP contribution in [0.1, 0.15) is 31.1 Å². The van der Waals surface area contributed by atoms with E-state index in [9.17, 15) is 14.4 Å². The summed E-state index contributed by atoms with van der Waals surface area (Å²) in [5.41, 5.74) is 2.24. The van der Waals surface area contributed by atoms with Gasteiger partial charge >= 0.3 is 0 Å². The minimum absolute atomic E-state index is 0.0925. The van der Waals surface area contributed by atoms with Gasteiger partial charge < -0.3 is 29.2 Å². The van der Waals surface area contributed by atoms with Crippen molar-refractivity contribution in [2.24, 2.45) is 0 Å². The standard InChI is InChI=1S/C30H21N9O3/c40-28(34-22-16-37-10-4-1-7-25(37)31-22)19-13-20(29(41)35-23-17-38-11-5-2-8-26(38)32-23)15-21(14-19)30(42)36-24-18-39-12-6-3-9-27(39)33-24/h1-18H,(H,34,40)(H,35,41)(H,36,42). The molecule has 12 heteroatoms. The van der Waals surface area contributed by atoms with Crippen LogP contribution in [0.15, 0.2) is 110 Å². The first kappa shape index (κ1) is 24.7. The van der Waals surface area contributed by atoms with Gasteiger partial charge in [-0.1, -0.05) is 18.2 Å². The third-order valence-electron chi connectivity index (χ3n) is 6.54. The molecule has 204 valence electrons. The van der Waals surface area contributed by atoms with Crippen molar-refractivity contribution in [3.63, 3.8) is 0 Å². The maximum atomic E-state index is 13.3. The number of carbonyl (C=O) groups is 3. The Bertz CT molecular complexity index is 1800. The molecule has 7 rings (SSSR count). The summed E-state index contributed by atoms with van der Waals surface area (Å²) >= 11 is 0. The molecule has 0 radical (unpaired) electrons. The first-order chi connectivity index (χ1) is 20.5. The van der Waals surface area contributed by atoms with Crippen molar-refractivity contribution in [2.75, 3.05) is 16.0 Å². The molecule has 0 fully saturated rings. The second-order valence-corrected chi connectivity index (χ2v) is 9.44. The Labute approximate surface area is 237 Å². The average Bonchev–Trinajstić information content (AvgIpc) is 3.72. The molecule has 0 unspecified atom stereocenters. The van der Waals surface area contributed by atoms with Crippen LogP contribution in [0.2, 0.25) is 0 Å². The van der Waals surface area contributed by atoms with E-state index >= 15 is 0 Å². The predicted octanol–water partition coefficient (Wildman–Crippen LogP) is 4.39. The van der Waals surface area contributed by atoms with Crippen LogP contribution in [-0.4, -0.2) is 45.9 Å². The SMILES string of the molecule is O=C(Nc1cn2ccccc2n1)c1cc(C(=O)Nc2cn3ccccc3n2)cc(C(=O)Nc2cn3ccccc3n2)c1. The number of nitrogens with zero attached hydrogens (tertiary/aromatic N) is 6. The second kappa shape index (κ2) is 10.0. The van der Waals surface area contributed by atoms with Crippen LogP contribution in [0.3, 0.4) is 0 Å². The average molecular weight is 556 g/mol. The monoisotopic (exact) mass is 555 g/mol. The molecular weight excluding hydrogens is 534 g/mol. The topological polar surface area (TPSA) is 139 Å². The molecule has 1 aromatic carbocycles. The van der Waals surface area contributed by atoms with Crippen LogP contribution in [-0.2, 0) is 0 Å². The molecule has 6 aromatic heterocycles. The summed E-state index contributed by atoms with van der Waals surface area (Å²) in [4.78, 5) is 53.2. The highest BCUT2D eigenvalue weighted by Gasteiger charge is 2.19. The maximum absolute atomic E-state index is 13.3. The Morgan fingerprint density at radius 3 is 1.07 bits per heavy atom. The highest BCUT2D eigenvalue weighted by atomic mass is 16.2. The zero-order valence-corrected chi connectivity index (χ0v) is 21.8. The number of hydrogen-bond donors (Lipinski definition) is 3. The minimum Gasteiger partial charge on any atom is -0.305 e. The fourth-order valence-corrected chi connectivity index (χ4v) is 4.57. The van der Waals surface area contributed by atoms with Crippen molar-refractivity contribution in [1.29, 1.82) is 0 Å². The van der Waals surface area contributed by atoms with Gasteiger partial charge in [0.25, 0.3) is 17.7 Å². The number of rotatable bonds is 6. The lowest BCUT2D eigenvalue weighted by Crippen LogP contribution is -2.19. The molecule has 0 aliphatic rings. The molecule has 12 nitrogen and oxygen atoms in total. The van der Waals surface area contributed by atoms with Gasteiger partial charge in [-0.15, -0.1) is 0 Å². The van der Waals surface area contributed by atoms with Gasteiger partial charge in [0.2, 0.25) is 0 Å². The molecule has 3 amide bonds. The fraction of sp³-hybridized carbons (Fsp3) is 0. The molecule has 0 aliphatic heterocycles. The van der Waals surface area contributed by atoms with Crippen LogP contribution < -0.4 is 16.0 Å². The quantitative estimate of drug-likeness (QED) is 0.278. The largest absolute Gasteiger partial charge is 0.305 e. The van der Waals surface area contributed by atoms with Crippen molar-refractivity contribution >= 4 is 52.1 Å². The van der Waals surface area contributed by atoms with E-state index in [2.05, 4.69) is 30.9 Å². The number of pyridine rings is 3. The number of hydrogen-bond acceptors (Lipinski definition) is 6. The number of anilines is 3. The van der Waals surface area contributed by atoms with Crippen LogP contribution in [0, 0.1) is 0 Å². The van der Waals surface area contributed by atoms with Crippen molar-refractivity contribution in [2.45, 2.75) is 0 Å². The van der Waals surface area contributed by atoms with Crippen LogP contribution in [0.25, 0.3) is 16.9 Å². The van der Waals surface area contributed by atoms with Crippen molar-refractivity contribution in [3.8, 4) is 0 Å². The van der Waals surface area contributed by atoms with Gasteiger partial charge in [-0.3, -0.25) is 14.4 Å². The number of aromatic nitrogens is 6. The molecule has 42 heavy (non-hydrogen) atoms. The van der Waals surface area contributed by atoms with Gasteiger partial charge in [0.05, 0.1) is 18.6 Å². The number of carbonyl (C=O) groups excluding carboxylic acids is 3. The Morgan fingerprint density at radius 2 is 0.786 bits per heavy atom. The van der Waals surface area contributed by atoms with Gasteiger partial charge in [0.1, 0.15) is 16.9 Å². The molecule has 0 spiro atoms.